The molecule has 4 aliphatic carbocycles. The van der Waals surface area contributed by atoms with E-state index in [9.17, 15) is 24.6 Å². The summed E-state index contributed by atoms with van der Waals surface area (Å²) >= 11 is 0. The molecule has 6 nitrogen and oxygen atoms in total. The highest BCUT2D eigenvalue weighted by molar-refractivity contribution is 6.01. The number of carbonyl (C=O) groups is 3. The maximum atomic E-state index is 17.1. The number of alkyl halides is 2. The van der Waals surface area contributed by atoms with E-state index in [1.165, 1.54) is 19.1 Å². The van der Waals surface area contributed by atoms with Crippen LogP contribution in [0.1, 0.15) is 60.8 Å². The Balaban J connectivity index is 1.72. The van der Waals surface area contributed by atoms with Crippen LogP contribution in [0.5, 0.6) is 0 Å². The SMILES string of the molecule is CC1C[C@H]2[C@@H]3CC(F)C4=CC(=O)C=C[C@]4(C)[C@@]3(F)C(O)C[C@]2(C)[C@@]1(O)C(=O)COC(=O)C(C)(C)C. The standard InChI is InChI=1S/C27H36F2O6/c1-14-9-16-17-11-19(28)18-10-15(30)7-8-24(18,5)26(17,29)20(31)12-25(16,6)27(14,34)21(32)13-35-22(33)23(2,3)4/h7-8,10,14,16-17,19-20,31,34H,9,11-13H2,1-6H3/t14?,16-,17-,19?,20?,24-,25-,26-,27-/m0/s1. The van der Waals surface area contributed by atoms with Gasteiger partial charge in [-0.15, -0.1) is 0 Å². The van der Waals surface area contributed by atoms with Crippen LogP contribution in [0.25, 0.3) is 0 Å². The minimum Gasteiger partial charge on any atom is -0.457 e. The molecule has 9 atom stereocenters. The summed E-state index contributed by atoms with van der Waals surface area (Å²) in [5.41, 5.74) is -7.87. The maximum Gasteiger partial charge on any atom is 0.311 e. The Kier molecular flexibility index (Phi) is 5.81. The zero-order chi connectivity index (χ0) is 26.4. The van der Waals surface area contributed by atoms with Crippen molar-refractivity contribution in [1.82, 2.24) is 0 Å². The average molecular weight is 495 g/mol. The van der Waals surface area contributed by atoms with Gasteiger partial charge in [-0.2, -0.15) is 0 Å². The summed E-state index contributed by atoms with van der Waals surface area (Å²) in [5, 5.41) is 23.2. The van der Waals surface area contributed by atoms with Crippen molar-refractivity contribution in [3.63, 3.8) is 0 Å². The van der Waals surface area contributed by atoms with Crippen molar-refractivity contribution in [3.8, 4) is 0 Å². The number of rotatable bonds is 3. The molecule has 0 amide bonds. The van der Waals surface area contributed by atoms with Crippen LogP contribution < -0.4 is 0 Å². The molecule has 35 heavy (non-hydrogen) atoms. The first kappa shape index (κ1) is 26.1. The van der Waals surface area contributed by atoms with E-state index in [0.29, 0.717) is 0 Å². The Morgan fingerprint density at radius 2 is 1.83 bits per heavy atom. The summed E-state index contributed by atoms with van der Waals surface area (Å²) in [5.74, 6) is -3.94. The highest BCUT2D eigenvalue weighted by atomic mass is 19.1. The largest absolute Gasteiger partial charge is 0.457 e. The number of Topliss-reactive ketones (excluding diaryl/α,β-unsaturated/α-hetero) is 1. The Hall–Kier alpha value is -1.93. The van der Waals surface area contributed by atoms with Crippen LogP contribution >= 0.6 is 0 Å². The summed E-state index contributed by atoms with van der Waals surface area (Å²) < 4.78 is 37.8. The number of ether oxygens (including phenoxy) is 1. The van der Waals surface area contributed by atoms with Crippen molar-refractivity contribution in [2.75, 3.05) is 6.61 Å². The first-order valence-electron chi connectivity index (χ1n) is 12.3. The van der Waals surface area contributed by atoms with Crippen molar-refractivity contribution >= 4 is 17.5 Å². The van der Waals surface area contributed by atoms with Gasteiger partial charge in [-0.3, -0.25) is 14.4 Å². The fourth-order valence-corrected chi connectivity index (χ4v) is 7.59. The lowest BCUT2D eigenvalue weighted by molar-refractivity contribution is -0.224. The van der Waals surface area contributed by atoms with E-state index < -0.39 is 81.7 Å². The van der Waals surface area contributed by atoms with Gasteiger partial charge in [0.25, 0.3) is 0 Å². The fraction of sp³-hybridized carbons (Fsp3) is 0.741. The first-order valence-corrected chi connectivity index (χ1v) is 12.3. The van der Waals surface area contributed by atoms with Crippen molar-refractivity contribution in [3.05, 3.63) is 23.8 Å². The van der Waals surface area contributed by atoms with Crippen LogP contribution in [0.4, 0.5) is 8.78 Å². The lowest BCUT2D eigenvalue weighted by Crippen LogP contribution is -2.70. The predicted octanol–water partition coefficient (Wildman–Crippen LogP) is 3.44. The summed E-state index contributed by atoms with van der Waals surface area (Å²) in [6.07, 6.45) is 0.249. The number of halogens is 2. The topological polar surface area (TPSA) is 101 Å². The highest BCUT2D eigenvalue weighted by Crippen LogP contribution is 2.70. The molecule has 3 saturated carbocycles. The van der Waals surface area contributed by atoms with Crippen molar-refractivity contribution < 1.29 is 38.1 Å². The second-order valence-corrected chi connectivity index (χ2v) is 12.5. The number of carbonyl (C=O) groups excluding carboxylic acids is 3. The summed E-state index contributed by atoms with van der Waals surface area (Å²) in [7, 11) is 0. The van der Waals surface area contributed by atoms with E-state index in [1.54, 1.807) is 34.6 Å². The minimum atomic E-state index is -2.28. The molecule has 2 N–H and O–H groups in total. The van der Waals surface area contributed by atoms with Gasteiger partial charge in [0.1, 0.15) is 11.8 Å². The van der Waals surface area contributed by atoms with Gasteiger partial charge < -0.3 is 14.9 Å². The normalized spacial score (nSPS) is 46.9. The molecule has 4 rings (SSSR count). The molecule has 3 fully saturated rings. The number of aliphatic hydroxyl groups excluding tert-OH is 1. The molecule has 0 heterocycles. The zero-order valence-electron chi connectivity index (χ0n) is 21.2. The van der Waals surface area contributed by atoms with Gasteiger partial charge in [-0.25, -0.2) is 8.78 Å². The first-order chi connectivity index (χ1) is 15.9. The molecule has 0 aliphatic heterocycles. The molecule has 8 heteroatoms. The molecule has 0 aromatic carbocycles. The van der Waals surface area contributed by atoms with Crippen LogP contribution in [0.2, 0.25) is 0 Å². The van der Waals surface area contributed by atoms with Gasteiger partial charge >= 0.3 is 5.97 Å². The number of allylic oxidation sites excluding steroid dienone is 4. The quantitative estimate of drug-likeness (QED) is 0.583. The smallest absolute Gasteiger partial charge is 0.311 e. The third-order valence-corrected chi connectivity index (χ3v) is 9.58. The molecule has 0 aromatic rings. The molecule has 194 valence electrons. The Labute approximate surface area is 204 Å². The maximum absolute atomic E-state index is 17.1. The zero-order valence-corrected chi connectivity index (χ0v) is 21.2. The van der Waals surface area contributed by atoms with Gasteiger partial charge in [0.15, 0.2) is 18.1 Å². The molecule has 3 unspecified atom stereocenters. The predicted molar refractivity (Wildman–Crippen MR) is 124 cm³/mol. The Bertz CT molecular complexity index is 1030. The van der Waals surface area contributed by atoms with Crippen LogP contribution in [0, 0.1) is 34.0 Å². The van der Waals surface area contributed by atoms with Gasteiger partial charge in [-0.1, -0.05) is 19.9 Å². The molecule has 4 aliphatic rings. The highest BCUT2D eigenvalue weighted by Gasteiger charge is 2.76. The van der Waals surface area contributed by atoms with E-state index in [4.69, 9.17) is 4.74 Å². The average Bonchev–Trinajstić information content (AvgIpc) is 2.96. The van der Waals surface area contributed by atoms with Gasteiger partial charge in [0.2, 0.25) is 5.78 Å². The number of fused-ring (bicyclic) bond motifs is 5. The van der Waals surface area contributed by atoms with Crippen LogP contribution in [-0.2, 0) is 19.1 Å². The molecule has 0 aromatic heterocycles. The monoisotopic (exact) mass is 494 g/mol. The molecule has 0 saturated heterocycles. The van der Waals surface area contributed by atoms with Crippen molar-refractivity contribution in [2.24, 2.45) is 34.0 Å². The number of ketones is 2. The third-order valence-electron chi connectivity index (χ3n) is 9.58. The minimum absolute atomic E-state index is 0.0258. The third kappa shape index (κ3) is 3.28. The van der Waals surface area contributed by atoms with Crippen LogP contribution in [-0.4, -0.2) is 57.9 Å². The van der Waals surface area contributed by atoms with Gasteiger partial charge in [-0.05, 0) is 76.5 Å². The van der Waals surface area contributed by atoms with E-state index in [2.05, 4.69) is 0 Å². The second kappa shape index (κ2) is 7.78. The van der Waals surface area contributed by atoms with E-state index in [0.717, 1.165) is 6.08 Å². The fourth-order valence-electron chi connectivity index (χ4n) is 7.59. The molecule has 0 bridgehead atoms. The number of hydrogen-bond donors (Lipinski definition) is 2. The van der Waals surface area contributed by atoms with E-state index in [-0.39, 0.29) is 24.8 Å². The molecule has 0 spiro atoms. The number of esters is 1. The lowest BCUT2D eigenvalue weighted by atomic mass is 9.44. The van der Waals surface area contributed by atoms with Gasteiger partial charge in [0.05, 0.1) is 11.5 Å². The summed E-state index contributed by atoms with van der Waals surface area (Å²) in [4.78, 5) is 37.5. The number of hydrogen-bond acceptors (Lipinski definition) is 6. The second-order valence-electron chi connectivity index (χ2n) is 12.5. The Morgan fingerprint density at radius 3 is 2.43 bits per heavy atom. The summed E-state index contributed by atoms with van der Waals surface area (Å²) in [6, 6.07) is 0. The van der Waals surface area contributed by atoms with E-state index in [1.807, 2.05) is 0 Å². The number of aliphatic hydroxyl groups is 2. The van der Waals surface area contributed by atoms with Crippen molar-refractivity contribution in [2.45, 2.75) is 84.4 Å². The molecular formula is C27H36F2O6. The summed E-state index contributed by atoms with van der Waals surface area (Å²) in [6.45, 7) is 9.15. The Morgan fingerprint density at radius 1 is 1.20 bits per heavy atom. The molecular weight excluding hydrogens is 458 g/mol. The molecule has 0 radical (unpaired) electrons. The van der Waals surface area contributed by atoms with Crippen LogP contribution in [0.3, 0.4) is 0 Å². The van der Waals surface area contributed by atoms with E-state index >= 15 is 8.78 Å². The van der Waals surface area contributed by atoms with Crippen molar-refractivity contribution in [1.29, 1.82) is 0 Å². The van der Waals surface area contributed by atoms with Gasteiger partial charge in [0, 0.05) is 16.7 Å². The van der Waals surface area contributed by atoms with Crippen LogP contribution in [0.15, 0.2) is 23.8 Å². The lowest BCUT2D eigenvalue weighted by Gasteiger charge is -2.63.